The molecule has 0 bridgehead atoms. The second-order valence-corrected chi connectivity index (χ2v) is 6.09. The fraction of sp³-hybridized carbons (Fsp3) is 0.143. The third-order valence-corrected chi connectivity index (χ3v) is 4.10. The molecular weight excluding hydrogens is 352 g/mol. The Morgan fingerprint density at radius 1 is 1.00 bits per heavy atom. The van der Waals surface area contributed by atoms with Crippen LogP contribution in [-0.4, -0.2) is 18.5 Å². The van der Waals surface area contributed by atoms with Gasteiger partial charge in [0.2, 0.25) is 0 Å². The maximum absolute atomic E-state index is 13.1. The molecule has 0 aromatic heterocycles. The number of halogens is 2. The number of nitrogens with one attached hydrogen (secondary N) is 1. The fourth-order valence-corrected chi connectivity index (χ4v) is 2.88. The van der Waals surface area contributed by atoms with Gasteiger partial charge in [0.05, 0.1) is 11.6 Å². The molecule has 0 aliphatic rings. The highest BCUT2D eigenvalue weighted by Gasteiger charge is 2.15. The van der Waals surface area contributed by atoms with Crippen molar-refractivity contribution in [3.05, 3.63) is 83.4 Å². The van der Waals surface area contributed by atoms with Crippen LogP contribution in [0.4, 0.5) is 8.78 Å². The number of benzene rings is 3. The van der Waals surface area contributed by atoms with Crippen molar-refractivity contribution in [2.24, 2.45) is 0 Å². The number of rotatable bonds is 5. The summed E-state index contributed by atoms with van der Waals surface area (Å²) in [5, 5.41) is 4.82. The summed E-state index contributed by atoms with van der Waals surface area (Å²) < 4.78 is 31.1. The Labute approximate surface area is 154 Å². The van der Waals surface area contributed by atoms with E-state index in [4.69, 9.17) is 4.74 Å². The van der Waals surface area contributed by atoms with E-state index in [1.54, 1.807) is 0 Å². The maximum atomic E-state index is 13.1. The quantitative estimate of drug-likeness (QED) is 0.688. The Kier molecular flexibility index (Phi) is 5.45. The largest absolute Gasteiger partial charge is 0.452 e. The van der Waals surface area contributed by atoms with Gasteiger partial charge in [0, 0.05) is 6.07 Å². The predicted molar refractivity (Wildman–Crippen MR) is 97.1 cm³/mol. The van der Waals surface area contributed by atoms with Gasteiger partial charge in [-0.2, -0.15) is 0 Å². The summed E-state index contributed by atoms with van der Waals surface area (Å²) in [6.07, 6.45) is 0. The monoisotopic (exact) mass is 369 g/mol. The van der Waals surface area contributed by atoms with Crippen LogP contribution >= 0.6 is 0 Å². The molecule has 27 heavy (non-hydrogen) atoms. The summed E-state index contributed by atoms with van der Waals surface area (Å²) in [4.78, 5) is 23.9. The summed E-state index contributed by atoms with van der Waals surface area (Å²) in [5.41, 5.74) is 0.641. The van der Waals surface area contributed by atoms with Crippen LogP contribution in [0.1, 0.15) is 28.9 Å². The van der Waals surface area contributed by atoms with E-state index >= 15 is 0 Å². The summed E-state index contributed by atoms with van der Waals surface area (Å²) in [7, 11) is 0. The third kappa shape index (κ3) is 4.47. The number of carbonyl (C=O) groups is 2. The van der Waals surface area contributed by atoms with Gasteiger partial charge in [0.25, 0.3) is 5.91 Å². The van der Waals surface area contributed by atoms with Crippen molar-refractivity contribution in [2.75, 3.05) is 6.61 Å². The van der Waals surface area contributed by atoms with Crippen molar-refractivity contribution < 1.29 is 23.1 Å². The lowest BCUT2D eigenvalue weighted by molar-refractivity contribution is -0.124. The number of carbonyl (C=O) groups excluding carboxylic acids is 2. The first-order chi connectivity index (χ1) is 12.9. The highest BCUT2D eigenvalue weighted by atomic mass is 19.1. The van der Waals surface area contributed by atoms with E-state index in [9.17, 15) is 18.4 Å². The van der Waals surface area contributed by atoms with E-state index in [1.165, 1.54) is 0 Å². The van der Waals surface area contributed by atoms with Crippen molar-refractivity contribution in [2.45, 2.75) is 13.0 Å². The zero-order chi connectivity index (χ0) is 19.4. The number of hydrogen-bond donors (Lipinski definition) is 1. The molecule has 3 aromatic rings. The molecule has 0 heterocycles. The van der Waals surface area contributed by atoms with Crippen molar-refractivity contribution >= 4 is 22.6 Å². The molecule has 138 valence electrons. The van der Waals surface area contributed by atoms with E-state index in [0.717, 1.165) is 28.5 Å². The molecule has 4 nitrogen and oxygen atoms in total. The van der Waals surface area contributed by atoms with Crippen LogP contribution in [0.2, 0.25) is 0 Å². The first-order valence-electron chi connectivity index (χ1n) is 8.34. The third-order valence-electron chi connectivity index (χ3n) is 4.10. The maximum Gasteiger partial charge on any atom is 0.338 e. The number of esters is 1. The van der Waals surface area contributed by atoms with Gasteiger partial charge in [-0.1, -0.05) is 42.5 Å². The van der Waals surface area contributed by atoms with Crippen LogP contribution in [0, 0.1) is 11.6 Å². The number of ether oxygens (including phenoxy) is 1. The van der Waals surface area contributed by atoms with Crippen LogP contribution in [-0.2, 0) is 9.53 Å². The van der Waals surface area contributed by atoms with Gasteiger partial charge in [-0.3, -0.25) is 4.79 Å². The number of amides is 1. The first kappa shape index (κ1) is 18.5. The van der Waals surface area contributed by atoms with Crippen LogP contribution in [0.25, 0.3) is 10.8 Å². The highest BCUT2D eigenvalue weighted by molar-refractivity contribution is 5.91. The van der Waals surface area contributed by atoms with E-state index < -0.39 is 30.1 Å². The summed E-state index contributed by atoms with van der Waals surface area (Å²) in [6, 6.07) is 15.6. The highest BCUT2D eigenvalue weighted by Crippen LogP contribution is 2.23. The standard InChI is InChI=1S/C21H17F2NO3/c1-13(18-8-4-6-14-5-2-3-7-19(14)18)24-20(25)12-27-21(26)15-9-16(22)11-17(23)10-15/h2-11,13H,12H2,1H3,(H,24,25)/t13-/m1/s1. The lowest BCUT2D eigenvalue weighted by atomic mass is 10.00. The van der Waals surface area contributed by atoms with Gasteiger partial charge in [0.15, 0.2) is 6.61 Å². The average Bonchev–Trinajstić information content (AvgIpc) is 2.64. The van der Waals surface area contributed by atoms with E-state index in [2.05, 4.69) is 5.32 Å². The zero-order valence-electron chi connectivity index (χ0n) is 14.5. The fourth-order valence-electron chi connectivity index (χ4n) is 2.88. The van der Waals surface area contributed by atoms with Crippen molar-refractivity contribution in [3.8, 4) is 0 Å². The molecule has 3 rings (SSSR count). The molecule has 0 spiro atoms. The average molecular weight is 369 g/mol. The Balaban J connectivity index is 1.62. The minimum absolute atomic E-state index is 0.289. The molecule has 1 N–H and O–H groups in total. The van der Waals surface area contributed by atoms with Crippen LogP contribution in [0.5, 0.6) is 0 Å². The Bertz CT molecular complexity index is 978. The van der Waals surface area contributed by atoms with Gasteiger partial charge < -0.3 is 10.1 Å². The molecular formula is C21H17F2NO3. The summed E-state index contributed by atoms with van der Waals surface area (Å²) in [6.45, 7) is 1.27. The lowest BCUT2D eigenvalue weighted by Gasteiger charge is -2.16. The van der Waals surface area contributed by atoms with Gasteiger partial charge in [-0.25, -0.2) is 13.6 Å². The Morgan fingerprint density at radius 2 is 1.67 bits per heavy atom. The Hall–Kier alpha value is -3.28. The van der Waals surface area contributed by atoms with Gasteiger partial charge in [0.1, 0.15) is 11.6 Å². The normalized spacial score (nSPS) is 11.8. The summed E-state index contributed by atoms with van der Waals surface area (Å²) in [5.74, 6) is -3.27. The first-order valence-corrected chi connectivity index (χ1v) is 8.34. The van der Waals surface area contributed by atoms with Crippen molar-refractivity contribution in [1.82, 2.24) is 5.32 Å². The topological polar surface area (TPSA) is 55.4 Å². The zero-order valence-corrected chi connectivity index (χ0v) is 14.5. The van der Waals surface area contributed by atoms with E-state index in [-0.39, 0.29) is 11.6 Å². The molecule has 0 saturated carbocycles. The number of hydrogen-bond acceptors (Lipinski definition) is 3. The van der Waals surface area contributed by atoms with Crippen molar-refractivity contribution in [1.29, 1.82) is 0 Å². The van der Waals surface area contributed by atoms with E-state index in [0.29, 0.717) is 6.07 Å². The molecule has 0 aliphatic carbocycles. The second kappa shape index (κ2) is 7.95. The SMILES string of the molecule is C[C@@H](NC(=O)COC(=O)c1cc(F)cc(F)c1)c1cccc2ccccc12. The summed E-state index contributed by atoms with van der Waals surface area (Å²) >= 11 is 0. The van der Waals surface area contributed by atoms with Crippen molar-refractivity contribution in [3.63, 3.8) is 0 Å². The van der Waals surface area contributed by atoms with Crippen LogP contribution in [0.15, 0.2) is 60.7 Å². The molecule has 0 radical (unpaired) electrons. The minimum atomic E-state index is -0.971. The molecule has 1 amide bonds. The Morgan fingerprint density at radius 3 is 2.41 bits per heavy atom. The molecule has 3 aromatic carbocycles. The predicted octanol–water partition coefficient (Wildman–Crippen LogP) is 4.15. The molecule has 0 aliphatic heterocycles. The van der Waals surface area contributed by atoms with E-state index in [1.807, 2.05) is 49.4 Å². The second-order valence-electron chi connectivity index (χ2n) is 6.09. The van der Waals surface area contributed by atoms with Gasteiger partial charge in [-0.05, 0) is 35.4 Å². The molecule has 1 atom stereocenters. The molecule has 0 fully saturated rings. The van der Waals surface area contributed by atoms with Crippen LogP contribution < -0.4 is 5.32 Å². The number of fused-ring (bicyclic) bond motifs is 1. The lowest BCUT2D eigenvalue weighted by Crippen LogP contribution is -2.31. The molecule has 6 heteroatoms. The smallest absolute Gasteiger partial charge is 0.338 e. The molecule has 0 saturated heterocycles. The minimum Gasteiger partial charge on any atom is -0.452 e. The van der Waals surface area contributed by atoms with Gasteiger partial charge in [-0.15, -0.1) is 0 Å². The van der Waals surface area contributed by atoms with Crippen LogP contribution in [0.3, 0.4) is 0 Å². The molecule has 0 unspecified atom stereocenters. The van der Waals surface area contributed by atoms with Gasteiger partial charge >= 0.3 is 5.97 Å².